The quantitative estimate of drug-likeness (QED) is 0.904. The Balaban J connectivity index is 1.23. The van der Waals surface area contributed by atoms with Gasteiger partial charge in [0.2, 0.25) is 0 Å². The molecule has 1 aromatic heterocycles. The molecule has 5 nitrogen and oxygen atoms in total. The maximum absolute atomic E-state index is 13.0. The predicted molar refractivity (Wildman–Crippen MR) is 93.8 cm³/mol. The van der Waals surface area contributed by atoms with E-state index < -0.39 is 0 Å². The summed E-state index contributed by atoms with van der Waals surface area (Å²) in [4.78, 5) is 2.34. The summed E-state index contributed by atoms with van der Waals surface area (Å²) >= 11 is 0. The Morgan fingerprint density at radius 3 is 2.75 bits per heavy atom. The molecular weight excluding hydrogens is 305 g/mol. The highest BCUT2D eigenvalue weighted by atomic mass is 19.1. The van der Waals surface area contributed by atoms with Gasteiger partial charge < -0.3 is 15.5 Å². The van der Waals surface area contributed by atoms with E-state index in [4.69, 9.17) is 0 Å². The van der Waals surface area contributed by atoms with Gasteiger partial charge in [0.1, 0.15) is 11.6 Å². The first-order valence-corrected chi connectivity index (χ1v) is 8.77. The lowest BCUT2D eigenvalue weighted by Gasteiger charge is -2.35. The number of hydrogen-bond donors (Lipinski definition) is 2. The summed E-state index contributed by atoms with van der Waals surface area (Å²) in [5, 5.41) is 11.5. The third-order valence-corrected chi connectivity index (χ3v) is 5.10. The van der Waals surface area contributed by atoms with Gasteiger partial charge in [-0.1, -0.05) is 0 Å². The van der Waals surface area contributed by atoms with Crippen LogP contribution in [0.1, 0.15) is 12.8 Å². The zero-order chi connectivity index (χ0) is 16.4. The molecule has 0 saturated carbocycles. The molecule has 0 spiro atoms. The Kier molecular flexibility index (Phi) is 4.38. The molecule has 1 unspecified atom stereocenters. The molecule has 128 valence electrons. The number of nitrogens with zero attached hydrogens (tertiary/aromatic N) is 3. The van der Waals surface area contributed by atoms with Crippen LogP contribution in [0.25, 0.3) is 0 Å². The zero-order valence-electron chi connectivity index (χ0n) is 13.8. The minimum absolute atomic E-state index is 0.170. The summed E-state index contributed by atoms with van der Waals surface area (Å²) in [6.07, 6.45) is 4.11. The van der Waals surface area contributed by atoms with Gasteiger partial charge in [0.15, 0.2) is 0 Å². The minimum Gasteiger partial charge on any atom is -0.371 e. The van der Waals surface area contributed by atoms with Crippen molar-refractivity contribution in [1.82, 2.24) is 15.1 Å². The molecular formula is C18H24FN5. The van der Waals surface area contributed by atoms with Crippen molar-refractivity contribution < 1.29 is 4.39 Å². The summed E-state index contributed by atoms with van der Waals surface area (Å²) in [7, 11) is 0. The number of halogens is 1. The van der Waals surface area contributed by atoms with Crippen molar-refractivity contribution >= 4 is 11.5 Å². The molecule has 3 heterocycles. The molecule has 1 aromatic carbocycles. The second kappa shape index (κ2) is 6.81. The van der Waals surface area contributed by atoms with E-state index in [2.05, 4.69) is 20.6 Å². The molecule has 0 aliphatic carbocycles. The van der Waals surface area contributed by atoms with Crippen LogP contribution in [-0.2, 0) is 6.54 Å². The lowest BCUT2D eigenvalue weighted by atomic mass is 10.0. The van der Waals surface area contributed by atoms with Crippen molar-refractivity contribution in [2.45, 2.75) is 25.4 Å². The van der Waals surface area contributed by atoms with E-state index in [0.29, 0.717) is 12.0 Å². The van der Waals surface area contributed by atoms with Crippen molar-refractivity contribution in [3.05, 3.63) is 42.3 Å². The van der Waals surface area contributed by atoms with Crippen molar-refractivity contribution in [1.29, 1.82) is 0 Å². The molecule has 1 saturated heterocycles. The average Bonchev–Trinajstić information content (AvgIpc) is 3.09. The minimum atomic E-state index is -0.170. The standard InChI is InChI=1S/C18H24FN5/c19-15-1-3-17(4-2-15)23-9-6-16(7-10-23)20-11-14-12-21-18-5-8-22-24(18)13-14/h1-5,8,14,16,20-21H,6-7,9-13H2. The van der Waals surface area contributed by atoms with E-state index in [1.54, 1.807) is 12.1 Å². The molecule has 4 rings (SSSR count). The lowest BCUT2D eigenvalue weighted by Crippen LogP contribution is -2.45. The summed E-state index contributed by atoms with van der Waals surface area (Å²) in [5.41, 5.74) is 1.12. The van der Waals surface area contributed by atoms with E-state index in [-0.39, 0.29) is 5.82 Å². The third kappa shape index (κ3) is 3.38. The number of anilines is 2. The molecule has 2 aliphatic heterocycles. The summed E-state index contributed by atoms with van der Waals surface area (Å²) in [5.74, 6) is 1.53. The van der Waals surface area contributed by atoms with E-state index in [1.165, 1.54) is 0 Å². The second-order valence-corrected chi connectivity index (χ2v) is 6.79. The maximum Gasteiger partial charge on any atom is 0.124 e. The fourth-order valence-electron chi connectivity index (χ4n) is 3.65. The Bertz CT molecular complexity index is 660. The molecule has 2 N–H and O–H groups in total. The lowest BCUT2D eigenvalue weighted by molar-refractivity contribution is 0.342. The molecule has 0 bridgehead atoms. The van der Waals surface area contributed by atoms with Crippen molar-refractivity contribution in [3.63, 3.8) is 0 Å². The Labute approximate surface area is 141 Å². The van der Waals surface area contributed by atoms with Crippen molar-refractivity contribution in [2.75, 3.05) is 36.4 Å². The van der Waals surface area contributed by atoms with Crippen LogP contribution >= 0.6 is 0 Å². The summed E-state index contributed by atoms with van der Waals surface area (Å²) in [6, 6.07) is 9.42. The predicted octanol–water partition coefficient (Wildman–Crippen LogP) is 2.32. The average molecular weight is 329 g/mol. The second-order valence-electron chi connectivity index (χ2n) is 6.79. The first kappa shape index (κ1) is 15.4. The Morgan fingerprint density at radius 1 is 1.17 bits per heavy atom. The van der Waals surface area contributed by atoms with Crippen molar-refractivity contribution in [3.8, 4) is 0 Å². The largest absolute Gasteiger partial charge is 0.371 e. The number of rotatable bonds is 4. The smallest absolute Gasteiger partial charge is 0.124 e. The number of hydrogen-bond acceptors (Lipinski definition) is 4. The summed E-state index contributed by atoms with van der Waals surface area (Å²) in [6.45, 7) is 5.06. The molecule has 2 aromatic rings. The van der Waals surface area contributed by atoms with E-state index in [0.717, 1.165) is 57.1 Å². The molecule has 6 heteroatoms. The van der Waals surface area contributed by atoms with Gasteiger partial charge in [-0.05, 0) is 37.1 Å². The van der Waals surface area contributed by atoms with E-state index >= 15 is 0 Å². The van der Waals surface area contributed by atoms with Crippen LogP contribution in [0.4, 0.5) is 15.9 Å². The van der Waals surface area contributed by atoms with Crippen LogP contribution in [0.2, 0.25) is 0 Å². The van der Waals surface area contributed by atoms with Gasteiger partial charge in [-0.2, -0.15) is 5.10 Å². The number of nitrogens with one attached hydrogen (secondary N) is 2. The number of benzene rings is 1. The van der Waals surface area contributed by atoms with Crippen LogP contribution in [0.3, 0.4) is 0 Å². The molecule has 24 heavy (non-hydrogen) atoms. The normalized spacial score (nSPS) is 21.4. The zero-order valence-corrected chi connectivity index (χ0v) is 13.8. The SMILES string of the molecule is Fc1ccc(N2CCC(NCC3CNc4ccnn4C3)CC2)cc1. The number of fused-ring (bicyclic) bond motifs is 1. The van der Waals surface area contributed by atoms with Crippen molar-refractivity contribution in [2.24, 2.45) is 5.92 Å². The van der Waals surface area contributed by atoms with Gasteiger partial charge in [0.05, 0.1) is 6.20 Å². The Hall–Kier alpha value is -2.08. The van der Waals surface area contributed by atoms with Crippen LogP contribution in [-0.4, -0.2) is 42.0 Å². The summed E-state index contributed by atoms with van der Waals surface area (Å²) < 4.78 is 15.1. The molecule has 0 radical (unpaired) electrons. The van der Waals surface area contributed by atoms with E-state index in [1.807, 2.05) is 29.1 Å². The van der Waals surface area contributed by atoms with Gasteiger partial charge in [-0.3, -0.25) is 0 Å². The van der Waals surface area contributed by atoms with Crippen LogP contribution in [0.15, 0.2) is 36.5 Å². The van der Waals surface area contributed by atoms with Gasteiger partial charge in [0, 0.05) is 56.4 Å². The number of piperidine rings is 1. The highest BCUT2D eigenvalue weighted by Crippen LogP contribution is 2.21. The third-order valence-electron chi connectivity index (χ3n) is 5.10. The first-order valence-electron chi connectivity index (χ1n) is 8.77. The highest BCUT2D eigenvalue weighted by Gasteiger charge is 2.22. The monoisotopic (exact) mass is 329 g/mol. The maximum atomic E-state index is 13.0. The van der Waals surface area contributed by atoms with Crippen LogP contribution in [0, 0.1) is 11.7 Å². The van der Waals surface area contributed by atoms with Gasteiger partial charge >= 0.3 is 0 Å². The Morgan fingerprint density at radius 2 is 1.96 bits per heavy atom. The van der Waals surface area contributed by atoms with Gasteiger partial charge in [0.25, 0.3) is 0 Å². The molecule has 1 atom stereocenters. The van der Waals surface area contributed by atoms with E-state index in [9.17, 15) is 4.39 Å². The fraction of sp³-hybridized carbons (Fsp3) is 0.500. The molecule has 2 aliphatic rings. The van der Waals surface area contributed by atoms with Gasteiger partial charge in [-0.15, -0.1) is 0 Å². The van der Waals surface area contributed by atoms with Gasteiger partial charge in [-0.25, -0.2) is 9.07 Å². The fourth-order valence-corrected chi connectivity index (χ4v) is 3.65. The topological polar surface area (TPSA) is 45.1 Å². The highest BCUT2D eigenvalue weighted by molar-refractivity contribution is 5.46. The molecule has 0 amide bonds. The first-order chi connectivity index (χ1) is 11.8. The number of aromatic nitrogens is 2. The van der Waals surface area contributed by atoms with Crippen LogP contribution in [0.5, 0.6) is 0 Å². The molecule has 1 fully saturated rings. The van der Waals surface area contributed by atoms with Crippen LogP contribution < -0.4 is 15.5 Å².